The lowest BCUT2D eigenvalue weighted by molar-refractivity contribution is -2.00. The minimum Gasteiger partial charge on any atom is -0.222 e. The number of aromatic nitrogens is 1. The molecular formula is C10H15BrClNO4. The standard InChI is InChI=1S/C10H15BrN.ClHO4/c1-8-6-9(2)12(5-4-11)10(3)7-8;2-1(3,4)5/h6-7H,4-5H2,1-3H3;(H,2,3,4,5)/q+1;/p-1. The van der Waals surface area contributed by atoms with Gasteiger partial charge in [0.2, 0.25) is 0 Å². The lowest BCUT2D eigenvalue weighted by Gasteiger charge is -2.17. The zero-order chi connectivity index (χ0) is 13.6. The Hall–Kier alpha value is -0.240. The highest BCUT2D eigenvalue weighted by Gasteiger charge is 2.09. The van der Waals surface area contributed by atoms with Crippen LogP contribution in [-0.4, -0.2) is 5.33 Å². The first-order chi connectivity index (χ1) is 7.65. The second-order valence-electron chi connectivity index (χ2n) is 3.53. The summed E-state index contributed by atoms with van der Waals surface area (Å²) >= 11 is 3.45. The predicted molar refractivity (Wildman–Crippen MR) is 54.6 cm³/mol. The maximum atomic E-state index is 8.49. The van der Waals surface area contributed by atoms with E-state index in [1.807, 2.05) is 0 Å². The van der Waals surface area contributed by atoms with Gasteiger partial charge in [-0.15, -0.1) is 10.2 Å². The second kappa shape index (κ2) is 7.25. The Morgan fingerprint density at radius 3 is 1.71 bits per heavy atom. The Morgan fingerprint density at radius 2 is 1.41 bits per heavy atom. The molecule has 0 aliphatic carbocycles. The van der Waals surface area contributed by atoms with E-state index in [1.54, 1.807) is 0 Å². The lowest BCUT2D eigenvalue weighted by atomic mass is 10.2. The van der Waals surface area contributed by atoms with Crippen molar-refractivity contribution in [1.82, 2.24) is 0 Å². The zero-order valence-corrected chi connectivity index (χ0v) is 12.2. The molecule has 0 saturated carbocycles. The van der Waals surface area contributed by atoms with Crippen molar-refractivity contribution in [2.45, 2.75) is 27.3 Å². The largest absolute Gasteiger partial charge is 0.222 e. The van der Waals surface area contributed by atoms with E-state index in [2.05, 4.69) is 53.4 Å². The average molecular weight is 329 g/mol. The summed E-state index contributed by atoms with van der Waals surface area (Å²) in [5, 5.41) is 1.02. The smallest absolute Gasteiger partial charge is 0.178 e. The van der Waals surface area contributed by atoms with Crippen LogP contribution in [0, 0.1) is 31.0 Å². The number of halogens is 2. The summed E-state index contributed by atoms with van der Waals surface area (Å²) in [7, 11) is -4.94. The molecule has 0 radical (unpaired) electrons. The minimum absolute atomic E-state index is 1.02. The van der Waals surface area contributed by atoms with Crippen molar-refractivity contribution in [3.8, 4) is 0 Å². The van der Waals surface area contributed by atoms with E-state index in [0.29, 0.717) is 0 Å². The normalized spacial score (nSPS) is 10.8. The second-order valence-corrected chi connectivity index (χ2v) is 5.08. The lowest BCUT2D eigenvalue weighted by Crippen LogP contribution is -2.68. The summed E-state index contributed by atoms with van der Waals surface area (Å²) in [5.41, 5.74) is 4.02. The van der Waals surface area contributed by atoms with Gasteiger partial charge in [0.05, 0.1) is 5.33 Å². The van der Waals surface area contributed by atoms with Crippen molar-refractivity contribution in [3.63, 3.8) is 0 Å². The Labute approximate surface area is 111 Å². The van der Waals surface area contributed by atoms with Crippen molar-refractivity contribution in [1.29, 1.82) is 0 Å². The predicted octanol–water partition coefficient (Wildman–Crippen LogP) is -2.46. The van der Waals surface area contributed by atoms with E-state index in [9.17, 15) is 0 Å². The number of rotatable bonds is 2. The van der Waals surface area contributed by atoms with Crippen LogP contribution in [0.15, 0.2) is 12.1 Å². The molecule has 0 N–H and O–H groups in total. The highest BCUT2D eigenvalue weighted by molar-refractivity contribution is 9.09. The number of alkyl halides is 1. The fourth-order valence-electron chi connectivity index (χ4n) is 1.57. The van der Waals surface area contributed by atoms with E-state index in [4.69, 9.17) is 18.6 Å². The van der Waals surface area contributed by atoms with Crippen LogP contribution >= 0.6 is 15.9 Å². The fraction of sp³-hybridized carbons (Fsp3) is 0.500. The van der Waals surface area contributed by atoms with Gasteiger partial charge in [0.25, 0.3) is 0 Å². The molecule has 0 aliphatic heterocycles. The molecule has 0 amide bonds. The van der Waals surface area contributed by atoms with Crippen LogP contribution in [0.1, 0.15) is 17.0 Å². The van der Waals surface area contributed by atoms with E-state index in [0.717, 1.165) is 11.9 Å². The van der Waals surface area contributed by atoms with Crippen LogP contribution in [-0.2, 0) is 6.54 Å². The molecule has 0 unspecified atom stereocenters. The molecule has 7 heteroatoms. The van der Waals surface area contributed by atoms with Crippen LogP contribution in [0.5, 0.6) is 0 Å². The molecule has 98 valence electrons. The van der Waals surface area contributed by atoms with Gasteiger partial charge in [-0.2, -0.15) is 4.57 Å². The van der Waals surface area contributed by atoms with Gasteiger partial charge in [-0.05, 0) is 12.5 Å². The maximum absolute atomic E-state index is 8.49. The minimum atomic E-state index is -4.94. The molecule has 1 aromatic heterocycles. The molecule has 0 fully saturated rings. The van der Waals surface area contributed by atoms with Crippen molar-refractivity contribution in [3.05, 3.63) is 29.1 Å². The number of hydrogen-bond acceptors (Lipinski definition) is 4. The van der Waals surface area contributed by atoms with E-state index in [1.165, 1.54) is 17.0 Å². The molecule has 0 atom stereocenters. The molecular weight excluding hydrogens is 313 g/mol. The summed E-state index contributed by atoms with van der Waals surface area (Å²) < 4.78 is 36.3. The summed E-state index contributed by atoms with van der Waals surface area (Å²) in [6.45, 7) is 7.50. The monoisotopic (exact) mass is 327 g/mol. The van der Waals surface area contributed by atoms with E-state index in [-0.39, 0.29) is 0 Å². The Kier molecular flexibility index (Phi) is 7.15. The molecule has 1 aromatic rings. The first kappa shape index (κ1) is 16.8. The van der Waals surface area contributed by atoms with Gasteiger partial charge in [-0.1, -0.05) is 15.9 Å². The van der Waals surface area contributed by atoms with Gasteiger partial charge >= 0.3 is 0 Å². The number of hydrogen-bond donors (Lipinski definition) is 0. The molecule has 0 bridgehead atoms. The van der Waals surface area contributed by atoms with Gasteiger partial charge < -0.3 is 0 Å². The van der Waals surface area contributed by atoms with Crippen molar-refractivity contribution in [2.75, 3.05) is 5.33 Å². The Bertz CT molecular complexity index is 339. The van der Waals surface area contributed by atoms with Gasteiger partial charge in [0.1, 0.15) is 0 Å². The van der Waals surface area contributed by atoms with Crippen molar-refractivity contribution < 1.29 is 33.4 Å². The first-order valence-corrected chi connectivity index (χ1v) is 7.16. The molecule has 0 aromatic carbocycles. The Morgan fingerprint density at radius 1 is 1.06 bits per heavy atom. The molecule has 0 saturated heterocycles. The van der Waals surface area contributed by atoms with Crippen LogP contribution < -0.4 is 23.2 Å². The third-order valence-electron chi connectivity index (χ3n) is 2.03. The number of nitrogens with zero attached hydrogens (tertiary/aromatic N) is 1. The average Bonchev–Trinajstić information content (AvgIpc) is 2.08. The third-order valence-corrected chi connectivity index (χ3v) is 2.39. The van der Waals surface area contributed by atoms with Crippen LogP contribution in [0.4, 0.5) is 0 Å². The fourth-order valence-corrected chi connectivity index (χ4v) is 1.93. The Balaban J connectivity index is 0.000000437. The summed E-state index contributed by atoms with van der Waals surface area (Å²) in [6.07, 6.45) is 0. The first-order valence-electron chi connectivity index (χ1n) is 4.80. The quantitative estimate of drug-likeness (QED) is 0.444. The van der Waals surface area contributed by atoms with Crippen LogP contribution in [0.3, 0.4) is 0 Å². The summed E-state index contributed by atoms with van der Waals surface area (Å²) in [6, 6.07) is 4.44. The number of aryl methyl sites for hydroxylation is 3. The van der Waals surface area contributed by atoms with Gasteiger partial charge in [0, 0.05) is 26.0 Å². The van der Waals surface area contributed by atoms with Gasteiger partial charge in [-0.25, -0.2) is 18.6 Å². The molecule has 1 rings (SSSR count). The maximum Gasteiger partial charge on any atom is 0.178 e. The SMILES string of the molecule is Cc1cc(C)[n+](CCBr)c(C)c1.[O-][Cl+3]([O-])([O-])[O-]. The third kappa shape index (κ3) is 8.48. The van der Waals surface area contributed by atoms with Crippen LogP contribution in [0.2, 0.25) is 0 Å². The zero-order valence-electron chi connectivity index (χ0n) is 9.91. The van der Waals surface area contributed by atoms with E-state index >= 15 is 0 Å². The highest BCUT2D eigenvalue weighted by atomic mass is 79.9. The molecule has 17 heavy (non-hydrogen) atoms. The van der Waals surface area contributed by atoms with Crippen molar-refractivity contribution >= 4 is 15.9 Å². The molecule has 0 aliphatic rings. The number of pyridine rings is 1. The molecule has 5 nitrogen and oxygen atoms in total. The van der Waals surface area contributed by atoms with Crippen LogP contribution in [0.25, 0.3) is 0 Å². The highest BCUT2D eigenvalue weighted by Crippen LogP contribution is 2.01. The summed E-state index contributed by atoms with van der Waals surface area (Å²) in [4.78, 5) is 0. The van der Waals surface area contributed by atoms with Gasteiger partial charge in [-0.3, -0.25) is 0 Å². The topological polar surface area (TPSA) is 96.1 Å². The molecule has 0 spiro atoms. The van der Waals surface area contributed by atoms with Gasteiger partial charge in [0.15, 0.2) is 17.9 Å². The van der Waals surface area contributed by atoms with Crippen molar-refractivity contribution in [2.24, 2.45) is 0 Å². The molecule has 1 heterocycles. The van der Waals surface area contributed by atoms with E-state index < -0.39 is 10.2 Å². The summed E-state index contributed by atoms with van der Waals surface area (Å²) in [5.74, 6) is 0.